The number of piperidine rings is 1. The van der Waals surface area contributed by atoms with Gasteiger partial charge in [0.15, 0.2) is 0 Å². The van der Waals surface area contributed by atoms with Gasteiger partial charge in [-0.3, -0.25) is 4.31 Å². The molecule has 1 aliphatic rings. The summed E-state index contributed by atoms with van der Waals surface area (Å²) in [4.78, 5) is 2.43. The molecule has 0 amide bonds. The van der Waals surface area contributed by atoms with Crippen LogP contribution in [0.3, 0.4) is 0 Å². The van der Waals surface area contributed by atoms with Crippen LogP contribution >= 0.6 is 21.0 Å². The molecule has 1 aromatic rings. The monoisotopic (exact) mass is 367 g/mol. The second-order valence-corrected chi connectivity index (χ2v) is 10.3. The molecule has 0 saturated carbocycles. The van der Waals surface area contributed by atoms with Crippen molar-refractivity contribution < 1.29 is 0 Å². The number of rotatable bonds is 6. The van der Waals surface area contributed by atoms with Crippen molar-refractivity contribution in [1.82, 2.24) is 4.31 Å². The van der Waals surface area contributed by atoms with Gasteiger partial charge in [-0.2, -0.15) is 9.39 Å². The summed E-state index contributed by atoms with van der Waals surface area (Å²) < 4.78 is 2.33. The molecule has 3 nitrogen and oxygen atoms in total. The van der Waals surface area contributed by atoms with Gasteiger partial charge in [-0.25, -0.2) is 0 Å². The van der Waals surface area contributed by atoms with E-state index in [1.54, 1.807) is 0 Å². The number of anilines is 2. The van der Waals surface area contributed by atoms with E-state index in [1.165, 1.54) is 18.5 Å². The average molecular weight is 368 g/mol. The molecular formula is C19H30ClN3S. The van der Waals surface area contributed by atoms with Crippen molar-refractivity contribution in [3.05, 3.63) is 29.3 Å². The number of hydrogen-bond acceptors (Lipinski definition) is 3. The van der Waals surface area contributed by atoms with Crippen LogP contribution in [0.1, 0.15) is 18.4 Å². The van der Waals surface area contributed by atoms with Gasteiger partial charge in [0.05, 0.1) is 0 Å². The molecule has 1 heterocycles. The lowest BCUT2D eigenvalue weighted by Gasteiger charge is -2.37. The summed E-state index contributed by atoms with van der Waals surface area (Å²) in [5.41, 5.74) is 3.34. The summed E-state index contributed by atoms with van der Waals surface area (Å²) in [6.45, 7) is 7.15. The Morgan fingerprint density at radius 2 is 2.00 bits per heavy atom. The summed E-state index contributed by atoms with van der Waals surface area (Å²) in [7, 11) is 2.95. The molecule has 1 saturated heterocycles. The summed E-state index contributed by atoms with van der Waals surface area (Å²) in [6.07, 6.45) is 6.41. The second-order valence-electron chi connectivity index (χ2n) is 6.80. The SMILES string of the molecule is C=Cc1c(NC)cc(Cl)cc1N1CCC(CN(C)S(=C)(=C)C)CC1. The Hall–Kier alpha value is -1.10. The van der Waals surface area contributed by atoms with Gasteiger partial charge in [-0.1, -0.05) is 36.0 Å². The van der Waals surface area contributed by atoms with Crippen LogP contribution in [0.2, 0.25) is 5.02 Å². The predicted octanol–water partition coefficient (Wildman–Crippen LogP) is 4.39. The fourth-order valence-corrected chi connectivity index (χ4v) is 3.97. The quantitative estimate of drug-likeness (QED) is 0.752. The molecule has 0 aromatic heterocycles. The maximum absolute atomic E-state index is 6.31. The van der Waals surface area contributed by atoms with Crippen LogP contribution < -0.4 is 10.2 Å². The minimum Gasteiger partial charge on any atom is -0.388 e. The maximum atomic E-state index is 6.31. The van der Waals surface area contributed by atoms with E-state index in [2.05, 4.69) is 52.2 Å². The van der Waals surface area contributed by atoms with E-state index in [1.807, 2.05) is 19.2 Å². The highest BCUT2D eigenvalue weighted by Crippen LogP contribution is 2.35. The number of halogens is 1. The summed E-state index contributed by atoms with van der Waals surface area (Å²) in [5, 5.41) is 3.98. The molecule has 1 aliphatic heterocycles. The lowest BCUT2D eigenvalue weighted by molar-refractivity contribution is 0.343. The Morgan fingerprint density at radius 1 is 1.38 bits per heavy atom. The molecule has 0 atom stereocenters. The highest BCUT2D eigenvalue weighted by atomic mass is 35.5. The molecule has 0 unspecified atom stereocenters. The van der Waals surface area contributed by atoms with Crippen LogP contribution in [0.15, 0.2) is 18.7 Å². The zero-order chi connectivity index (χ0) is 17.9. The van der Waals surface area contributed by atoms with Gasteiger partial charge in [-0.05, 0) is 44.2 Å². The molecule has 1 N–H and O–H groups in total. The third-order valence-electron chi connectivity index (χ3n) is 4.82. The normalized spacial score (nSPS) is 16.5. The van der Waals surface area contributed by atoms with Gasteiger partial charge in [0.2, 0.25) is 0 Å². The highest BCUT2D eigenvalue weighted by molar-refractivity contribution is 8.25. The fourth-order valence-electron chi connectivity index (χ4n) is 3.19. The van der Waals surface area contributed by atoms with E-state index in [9.17, 15) is 0 Å². The zero-order valence-corrected chi connectivity index (χ0v) is 16.7. The average Bonchev–Trinajstić information content (AvgIpc) is 2.53. The Kier molecular flexibility index (Phi) is 6.29. The minimum absolute atomic E-state index is 0.705. The first kappa shape index (κ1) is 19.2. The molecule has 1 aromatic carbocycles. The standard InChI is InChI=1S/C19H30ClN3S/c1-7-17-18(21-2)12-16(20)13-19(17)23-10-8-15(9-11-23)14-22(3)24(4,5)6/h7,12-13,15,21H,1,4-5,8-11,14H2,2-3,6H3. The van der Waals surface area contributed by atoms with Crippen molar-refractivity contribution in [3.8, 4) is 0 Å². The van der Waals surface area contributed by atoms with Gasteiger partial charge >= 0.3 is 0 Å². The van der Waals surface area contributed by atoms with E-state index in [4.69, 9.17) is 11.6 Å². The van der Waals surface area contributed by atoms with E-state index in [-0.39, 0.29) is 0 Å². The lowest BCUT2D eigenvalue weighted by atomic mass is 9.95. The Morgan fingerprint density at radius 3 is 2.50 bits per heavy atom. The van der Waals surface area contributed by atoms with Crippen LogP contribution in [0.5, 0.6) is 0 Å². The van der Waals surface area contributed by atoms with Gasteiger partial charge in [0.25, 0.3) is 0 Å². The predicted molar refractivity (Wildman–Crippen MR) is 116 cm³/mol. The van der Waals surface area contributed by atoms with Crippen LogP contribution in [0.4, 0.5) is 11.4 Å². The van der Waals surface area contributed by atoms with Crippen molar-refractivity contribution in [3.63, 3.8) is 0 Å². The maximum Gasteiger partial charge on any atom is 0.0475 e. The van der Waals surface area contributed by atoms with Gasteiger partial charge in [-0.15, -0.1) is 0 Å². The van der Waals surface area contributed by atoms with Crippen LogP contribution in [0.25, 0.3) is 6.08 Å². The number of nitrogens with one attached hydrogen (secondary N) is 1. The highest BCUT2D eigenvalue weighted by Gasteiger charge is 2.23. The van der Waals surface area contributed by atoms with Crippen molar-refractivity contribution in [2.45, 2.75) is 12.8 Å². The third kappa shape index (κ3) is 4.50. The van der Waals surface area contributed by atoms with Crippen molar-refractivity contribution in [2.24, 2.45) is 5.92 Å². The topological polar surface area (TPSA) is 18.5 Å². The minimum atomic E-state index is -1.11. The molecule has 2 rings (SSSR count). The van der Waals surface area contributed by atoms with E-state index >= 15 is 0 Å². The van der Waals surface area contributed by atoms with Crippen molar-refractivity contribution in [2.75, 3.05) is 50.2 Å². The number of nitrogens with zero attached hydrogens (tertiary/aromatic N) is 2. The Balaban J connectivity index is 2.10. The molecule has 1 fully saturated rings. The van der Waals surface area contributed by atoms with Crippen molar-refractivity contribution in [1.29, 1.82) is 0 Å². The molecule has 0 bridgehead atoms. The van der Waals surface area contributed by atoms with E-state index in [0.717, 1.165) is 35.9 Å². The summed E-state index contributed by atoms with van der Waals surface area (Å²) in [5.74, 6) is 9.12. The fraction of sp³-hybridized carbons (Fsp3) is 0.474. The lowest BCUT2D eigenvalue weighted by Crippen LogP contribution is -2.37. The van der Waals surface area contributed by atoms with Crippen LogP contribution in [-0.4, -0.2) is 56.0 Å². The van der Waals surface area contributed by atoms with Gasteiger partial charge in [0, 0.05) is 48.6 Å². The summed E-state index contributed by atoms with van der Waals surface area (Å²) in [6, 6.07) is 4.01. The first-order chi connectivity index (χ1) is 11.3. The second kappa shape index (κ2) is 7.85. The molecule has 24 heavy (non-hydrogen) atoms. The number of benzene rings is 1. The molecule has 5 heteroatoms. The molecule has 0 radical (unpaired) electrons. The smallest absolute Gasteiger partial charge is 0.0475 e. The van der Waals surface area contributed by atoms with Gasteiger partial charge in [0.1, 0.15) is 0 Å². The summed E-state index contributed by atoms with van der Waals surface area (Å²) >= 11 is 6.31. The largest absolute Gasteiger partial charge is 0.388 e. The Bertz CT molecular complexity index is 689. The van der Waals surface area contributed by atoms with E-state index < -0.39 is 9.39 Å². The van der Waals surface area contributed by atoms with Crippen molar-refractivity contribution >= 4 is 50.2 Å². The first-order valence-corrected chi connectivity index (χ1v) is 11.0. The first-order valence-electron chi connectivity index (χ1n) is 8.30. The molecular weight excluding hydrogens is 338 g/mol. The van der Waals surface area contributed by atoms with Gasteiger partial charge < -0.3 is 10.2 Å². The molecule has 0 spiro atoms. The van der Waals surface area contributed by atoms with Crippen LogP contribution in [0, 0.1) is 5.92 Å². The Labute approximate surface area is 152 Å². The van der Waals surface area contributed by atoms with Crippen LogP contribution in [-0.2, 0) is 0 Å². The third-order valence-corrected chi connectivity index (χ3v) is 6.69. The van der Waals surface area contributed by atoms with E-state index in [0.29, 0.717) is 5.92 Å². The number of hydrogen-bond donors (Lipinski definition) is 1. The molecule has 134 valence electrons. The zero-order valence-electron chi connectivity index (χ0n) is 15.1. The molecule has 0 aliphatic carbocycles.